The van der Waals surface area contributed by atoms with E-state index in [0.717, 1.165) is 25.1 Å². The van der Waals surface area contributed by atoms with Crippen LogP contribution in [-0.2, 0) is 0 Å². The lowest BCUT2D eigenvalue weighted by atomic mass is 9.97. The maximum atomic E-state index is 12.0. The molecule has 2 rings (SSSR count). The minimum atomic E-state index is 0.185. The van der Waals surface area contributed by atoms with Gasteiger partial charge >= 0.3 is 0 Å². The molecule has 1 aliphatic heterocycles. The number of nitrogens with one attached hydrogen (secondary N) is 1. The van der Waals surface area contributed by atoms with Gasteiger partial charge in [0.25, 0.3) is 0 Å². The molecule has 15 heavy (non-hydrogen) atoms. The lowest BCUT2D eigenvalue weighted by Crippen LogP contribution is -2.17. The Labute approximate surface area is 94.4 Å². The van der Waals surface area contributed by atoms with Crippen LogP contribution in [0, 0.1) is 5.92 Å². The molecule has 3 heteroatoms. The van der Waals surface area contributed by atoms with Crippen molar-refractivity contribution in [2.24, 2.45) is 5.92 Å². The molecule has 0 amide bonds. The normalized spacial score (nSPS) is 20.5. The molecule has 1 aliphatic rings. The van der Waals surface area contributed by atoms with Crippen LogP contribution in [0.2, 0.25) is 0 Å². The maximum Gasteiger partial charge on any atom is 0.167 e. The number of benzene rings is 1. The summed E-state index contributed by atoms with van der Waals surface area (Å²) in [4.78, 5) is 13.2. The second-order valence-corrected chi connectivity index (χ2v) is 4.66. The summed E-state index contributed by atoms with van der Waals surface area (Å²) in [6.45, 7) is 1.81. The number of Topliss-reactive ketones (excluding diaryl/α,β-unsaturated/α-hetero) is 1. The largest absolute Gasteiger partial charge is 0.316 e. The smallest absolute Gasteiger partial charge is 0.167 e. The number of rotatable bonds is 3. The highest BCUT2D eigenvalue weighted by atomic mass is 32.2. The highest BCUT2D eigenvalue weighted by molar-refractivity contribution is 7.98. The average Bonchev–Trinajstić information content (AvgIpc) is 2.82. The number of hydrogen-bond donors (Lipinski definition) is 1. The average molecular weight is 221 g/mol. The lowest BCUT2D eigenvalue weighted by Gasteiger charge is -2.07. The Bertz CT molecular complexity index is 341. The molecule has 0 bridgehead atoms. The van der Waals surface area contributed by atoms with Gasteiger partial charge in [0.2, 0.25) is 0 Å². The number of thioether (sulfide) groups is 1. The van der Waals surface area contributed by atoms with Gasteiger partial charge in [0, 0.05) is 22.9 Å². The van der Waals surface area contributed by atoms with Crippen LogP contribution >= 0.6 is 11.8 Å². The van der Waals surface area contributed by atoms with Crippen LogP contribution in [0.15, 0.2) is 29.2 Å². The van der Waals surface area contributed by atoms with Crippen LogP contribution in [0.3, 0.4) is 0 Å². The molecule has 1 fully saturated rings. The third kappa shape index (κ3) is 2.41. The molecular weight excluding hydrogens is 206 g/mol. The zero-order chi connectivity index (χ0) is 10.7. The van der Waals surface area contributed by atoms with Crippen LogP contribution < -0.4 is 5.32 Å². The first-order valence-corrected chi connectivity index (χ1v) is 6.42. The van der Waals surface area contributed by atoms with E-state index in [0.29, 0.717) is 0 Å². The molecule has 2 nitrogen and oxygen atoms in total. The minimum Gasteiger partial charge on any atom is -0.316 e. The highest BCUT2D eigenvalue weighted by Crippen LogP contribution is 2.19. The summed E-state index contributed by atoms with van der Waals surface area (Å²) in [5.41, 5.74) is 0.849. The molecule has 1 aromatic rings. The Kier molecular flexibility index (Phi) is 3.44. The molecule has 0 unspecified atom stereocenters. The standard InChI is InChI=1S/C12H15NOS/c1-15-11-4-2-9(3-5-11)12(14)10-6-7-13-8-10/h2-5,10,13H,6-8H2,1H3/t10-/m1/s1. The fourth-order valence-corrected chi connectivity index (χ4v) is 2.28. The summed E-state index contributed by atoms with van der Waals surface area (Å²) in [7, 11) is 0. The summed E-state index contributed by atoms with van der Waals surface area (Å²) in [5.74, 6) is 0.470. The summed E-state index contributed by atoms with van der Waals surface area (Å²) < 4.78 is 0. The fourth-order valence-electron chi connectivity index (χ4n) is 1.87. The van der Waals surface area contributed by atoms with Crippen molar-refractivity contribution in [3.8, 4) is 0 Å². The topological polar surface area (TPSA) is 29.1 Å². The molecule has 0 radical (unpaired) electrons. The minimum absolute atomic E-state index is 0.185. The van der Waals surface area contributed by atoms with E-state index >= 15 is 0 Å². The molecule has 1 heterocycles. The second kappa shape index (κ2) is 4.81. The van der Waals surface area contributed by atoms with Crippen molar-refractivity contribution in [2.45, 2.75) is 11.3 Å². The van der Waals surface area contributed by atoms with E-state index in [1.807, 2.05) is 30.5 Å². The quantitative estimate of drug-likeness (QED) is 0.626. The van der Waals surface area contributed by atoms with Crippen molar-refractivity contribution in [1.82, 2.24) is 5.32 Å². The summed E-state index contributed by atoms with van der Waals surface area (Å²) in [6, 6.07) is 7.90. The Hall–Kier alpha value is -0.800. The van der Waals surface area contributed by atoms with Gasteiger partial charge in [-0.05, 0) is 31.4 Å². The fraction of sp³-hybridized carbons (Fsp3) is 0.417. The summed E-state index contributed by atoms with van der Waals surface area (Å²) in [6.07, 6.45) is 3.01. The van der Waals surface area contributed by atoms with E-state index < -0.39 is 0 Å². The first-order chi connectivity index (χ1) is 7.31. The Balaban J connectivity index is 2.11. The number of ketones is 1. The Morgan fingerprint density at radius 3 is 2.67 bits per heavy atom. The zero-order valence-electron chi connectivity index (χ0n) is 8.82. The Morgan fingerprint density at radius 1 is 1.40 bits per heavy atom. The molecule has 0 aromatic heterocycles. The van der Waals surface area contributed by atoms with Crippen molar-refractivity contribution in [1.29, 1.82) is 0 Å². The number of carbonyl (C=O) groups is 1. The van der Waals surface area contributed by atoms with Gasteiger partial charge in [-0.2, -0.15) is 0 Å². The van der Waals surface area contributed by atoms with Crippen LogP contribution in [-0.4, -0.2) is 25.1 Å². The Morgan fingerprint density at radius 2 is 2.13 bits per heavy atom. The number of carbonyl (C=O) groups excluding carboxylic acids is 1. The second-order valence-electron chi connectivity index (χ2n) is 3.78. The molecule has 0 spiro atoms. The van der Waals surface area contributed by atoms with Crippen molar-refractivity contribution in [3.05, 3.63) is 29.8 Å². The van der Waals surface area contributed by atoms with Crippen LogP contribution in [0.5, 0.6) is 0 Å². The van der Waals surface area contributed by atoms with E-state index in [-0.39, 0.29) is 11.7 Å². The molecule has 0 aliphatic carbocycles. The molecule has 1 N–H and O–H groups in total. The van der Waals surface area contributed by atoms with Gasteiger partial charge in [-0.3, -0.25) is 4.79 Å². The summed E-state index contributed by atoms with van der Waals surface area (Å²) in [5, 5.41) is 3.22. The van der Waals surface area contributed by atoms with Crippen molar-refractivity contribution < 1.29 is 4.79 Å². The monoisotopic (exact) mass is 221 g/mol. The van der Waals surface area contributed by atoms with E-state index in [4.69, 9.17) is 0 Å². The van der Waals surface area contributed by atoms with E-state index in [9.17, 15) is 4.79 Å². The van der Waals surface area contributed by atoms with Crippen LogP contribution in [0.4, 0.5) is 0 Å². The van der Waals surface area contributed by atoms with Gasteiger partial charge in [-0.25, -0.2) is 0 Å². The van der Waals surface area contributed by atoms with Gasteiger partial charge in [-0.15, -0.1) is 11.8 Å². The first-order valence-electron chi connectivity index (χ1n) is 5.20. The lowest BCUT2D eigenvalue weighted by molar-refractivity contribution is 0.0930. The SMILES string of the molecule is CSc1ccc(C(=O)[C@@H]2CCNC2)cc1. The van der Waals surface area contributed by atoms with Crippen molar-refractivity contribution in [2.75, 3.05) is 19.3 Å². The predicted molar refractivity (Wildman–Crippen MR) is 63.5 cm³/mol. The molecule has 1 saturated heterocycles. The third-order valence-electron chi connectivity index (χ3n) is 2.81. The molecule has 80 valence electrons. The van der Waals surface area contributed by atoms with Crippen molar-refractivity contribution in [3.63, 3.8) is 0 Å². The first kappa shape index (κ1) is 10.7. The predicted octanol–water partition coefficient (Wildman–Crippen LogP) is 2.20. The maximum absolute atomic E-state index is 12.0. The van der Waals surface area contributed by atoms with Gasteiger partial charge in [-0.1, -0.05) is 12.1 Å². The zero-order valence-corrected chi connectivity index (χ0v) is 9.64. The van der Waals surface area contributed by atoms with E-state index in [1.165, 1.54) is 4.90 Å². The third-order valence-corrected chi connectivity index (χ3v) is 3.55. The number of hydrogen-bond acceptors (Lipinski definition) is 3. The molecule has 0 saturated carbocycles. The van der Waals surface area contributed by atoms with Crippen LogP contribution in [0.25, 0.3) is 0 Å². The van der Waals surface area contributed by atoms with E-state index in [1.54, 1.807) is 11.8 Å². The van der Waals surface area contributed by atoms with Crippen molar-refractivity contribution >= 4 is 17.5 Å². The molecule has 1 aromatic carbocycles. The van der Waals surface area contributed by atoms with Crippen LogP contribution in [0.1, 0.15) is 16.8 Å². The van der Waals surface area contributed by atoms with Gasteiger partial charge in [0.15, 0.2) is 5.78 Å². The van der Waals surface area contributed by atoms with E-state index in [2.05, 4.69) is 5.32 Å². The van der Waals surface area contributed by atoms with Gasteiger partial charge in [0.1, 0.15) is 0 Å². The van der Waals surface area contributed by atoms with Gasteiger partial charge in [0.05, 0.1) is 0 Å². The van der Waals surface area contributed by atoms with Gasteiger partial charge < -0.3 is 5.32 Å². The molecular formula is C12H15NOS. The molecule has 1 atom stereocenters. The highest BCUT2D eigenvalue weighted by Gasteiger charge is 2.23. The summed E-state index contributed by atoms with van der Waals surface area (Å²) >= 11 is 1.70.